The van der Waals surface area contributed by atoms with Crippen molar-refractivity contribution in [3.05, 3.63) is 29.3 Å². The molecule has 1 fully saturated rings. The summed E-state index contributed by atoms with van der Waals surface area (Å²) in [6.45, 7) is 6.74. The van der Waals surface area contributed by atoms with Gasteiger partial charge in [-0.25, -0.2) is 0 Å². The first kappa shape index (κ1) is 16.3. The molecule has 4 nitrogen and oxygen atoms in total. The Labute approximate surface area is 139 Å². The predicted molar refractivity (Wildman–Crippen MR) is 92.0 cm³/mol. The molecule has 1 N–H and O–H groups in total. The summed E-state index contributed by atoms with van der Waals surface area (Å²) < 4.78 is 5.91. The Hall–Kier alpha value is -1.55. The van der Waals surface area contributed by atoms with Crippen molar-refractivity contribution >= 4 is 5.91 Å². The van der Waals surface area contributed by atoms with Gasteiger partial charge in [-0.15, -0.1) is 0 Å². The number of nitrogens with zero attached hydrogens (tertiary/aromatic N) is 1. The second kappa shape index (κ2) is 7.82. The molecule has 0 saturated carbocycles. The molecule has 126 valence electrons. The van der Waals surface area contributed by atoms with Crippen LogP contribution in [0.2, 0.25) is 0 Å². The smallest absolute Gasteiger partial charge is 0.254 e. The second-order valence-electron chi connectivity index (χ2n) is 6.66. The standard InChI is InChI=1S/C19H28N2O2/c1-2-21-11-9-16-13-17(7-8-18(16)19(21)22)23-12-4-6-15-5-3-10-20-14-15/h7-8,13,15,20H,2-6,9-12,14H2,1H3. The molecule has 0 bridgehead atoms. The molecule has 23 heavy (non-hydrogen) atoms. The normalized spacial score (nSPS) is 21.2. The Kier molecular flexibility index (Phi) is 5.55. The fourth-order valence-electron chi connectivity index (χ4n) is 3.64. The summed E-state index contributed by atoms with van der Waals surface area (Å²) in [6, 6.07) is 5.93. The van der Waals surface area contributed by atoms with Crippen LogP contribution in [0, 0.1) is 5.92 Å². The number of likely N-dealkylation sites (N-methyl/N-ethyl adjacent to an activating group) is 1. The molecule has 1 atom stereocenters. The van der Waals surface area contributed by atoms with E-state index in [1.54, 1.807) is 0 Å². The van der Waals surface area contributed by atoms with Gasteiger partial charge in [0.25, 0.3) is 5.91 Å². The molecule has 1 saturated heterocycles. The van der Waals surface area contributed by atoms with Crippen LogP contribution in [0.25, 0.3) is 0 Å². The lowest BCUT2D eigenvalue weighted by Gasteiger charge is -2.27. The van der Waals surface area contributed by atoms with Crippen LogP contribution in [0.15, 0.2) is 18.2 Å². The Morgan fingerprint density at radius 2 is 2.30 bits per heavy atom. The molecule has 3 rings (SSSR count). The van der Waals surface area contributed by atoms with Crippen molar-refractivity contribution in [3.8, 4) is 5.75 Å². The molecule has 0 radical (unpaired) electrons. The maximum absolute atomic E-state index is 12.3. The Bertz CT molecular complexity index is 538. The molecule has 2 aliphatic rings. The molecular formula is C19H28N2O2. The second-order valence-corrected chi connectivity index (χ2v) is 6.66. The van der Waals surface area contributed by atoms with Gasteiger partial charge in [-0.1, -0.05) is 0 Å². The van der Waals surface area contributed by atoms with Gasteiger partial charge >= 0.3 is 0 Å². The Balaban J connectivity index is 1.49. The lowest BCUT2D eigenvalue weighted by atomic mass is 9.95. The summed E-state index contributed by atoms with van der Waals surface area (Å²) in [7, 11) is 0. The highest BCUT2D eigenvalue weighted by Crippen LogP contribution is 2.24. The van der Waals surface area contributed by atoms with E-state index in [0.29, 0.717) is 0 Å². The number of benzene rings is 1. The summed E-state index contributed by atoms with van der Waals surface area (Å²) in [5, 5.41) is 3.46. The predicted octanol–water partition coefficient (Wildman–Crippen LogP) is 2.86. The lowest BCUT2D eigenvalue weighted by molar-refractivity contribution is 0.0749. The molecule has 1 aromatic carbocycles. The summed E-state index contributed by atoms with van der Waals surface area (Å²) in [6.07, 6.45) is 5.93. The van der Waals surface area contributed by atoms with Crippen molar-refractivity contribution in [2.45, 2.75) is 39.0 Å². The van der Waals surface area contributed by atoms with Crippen LogP contribution in [-0.2, 0) is 6.42 Å². The largest absolute Gasteiger partial charge is 0.494 e. The minimum Gasteiger partial charge on any atom is -0.494 e. The van der Waals surface area contributed by atoms with Crippen LogP contribution in [0.4, 0.5) is 0 Å². The van der Waals surface area contributed by atoms with Crippen LogP contribution in [0.3, 0.4) is 0 Å². The molecular weight excluding hydrogens is 288 g/mol. The minimum atomic E-state index is 0.157. The SMILES string of the molecule is CCN1CCc2cc(OCCCC3CCCNC3)ccc2C1=O. The number of carbonyl (C=O) groups is 1. The molecule has 1 unspecified atom stereocenters. The number of piperidine rings is 1. The van der Waals surface area contributed by atoms with Crippen molar-refractivity contribution in [1.82, 2.24) is 10.2 Å². The molecule has 0 aliphatic carbocycles. The Morgan fingerprint density at radius 1 is 1.39 bits per heavy atom. The zero-order valence-corrected chi connectivity index (χ0v) is 14.1. The molecule has 4 heteroatoms. The van der Waals surface area contributed by atoms with Crippen LogP contribution < -0.4 is 10.1 Å². The van der Waals surface area contributed by atoms with Gasteiger partial charge in [-0.05, 0) is 81.8 Å². The number of carbonyl (C=O) groups excluding carboxylic acids is 1. The van der Waals surface area contributed by atoms with Crippen LogP contribution in [0.5, 0.6) is 5.75 Å². The van der Waals surface area contributed by atoms with E-state index >= 15 is 0 Å². The highest BCUT2D eigenvalue weighted by molar-refractivity contribution is 5.96. The van der Waals surface area contributed by atoms with E-state index in [1.807, 2.05) is 24.0 Å². The minimum absolute atomic E-state index is 0.157. The van der Waals surface area contributed by atoms with Gasteiger partial charge < -0.3 is 15.0 Å². The maximum atomic E-state index is 12.3. The topological polar surface area (TPSA) is 41.6 Å². The average molecular weight is 316 g/mol. The van der Waals surface area contributed by atoms with Gasteiger partial charge in [0.2, 0.25) is 0 Å². The highest BCUT2D eigenvalue weighted by atomic mass is 16.5. The third-order valence-corrected chi connectivity index (χ3v) is 5.05. The molecule has 0 spiro atoms. The number of hydrogen-bond donors (Lipinski definition) is 1. The van der Waals surface area contributed by atoms with Crippen LogP contribution in [0.1, 0.15) is 48.5 Å². The van der Waals surface area contributed by atoms with E-state index in [0.717, 1.165) is 61.9 Å². The lowest BCUT2D eigenvalue weighted by Crippen LogP contribution is -2.37. The quantitative estimate of drug-likeness (QED) is 0.821. The molecule has 1 aromatic rings. The van der Waals surface area contributed by atoms with Crippen LogP contribution in [-0.4, -0.2) is 43.6 Å². The van der Waals surface area contributed by atoms with Gasteiger partial charge in [0.1, 0.15) is 5.75 Å². The number of ether oxygens (including phenoxy) is 1. The van der Waals surface area contributed by atoms with Gasteiger partial charge in [0.05, 0.1) is 6.61 Å². The number of hydrogen-bond acceptors (Lipinski definition) is 3. The first-order valence-corrected chi connectivity index (χ1v) is 9.03. The van der Waals surface area contributed by atoms with Crippen molar-refractivity contribution < 1.29 is 9.53 Å². The van der Waals surface area contributed by atoms with Gasteiger partial charge in [0.15, 0.2) is 0 Å². The van der Waals surface area contributed by atoms with Crippen molar-refractivity contribution in [3.63, 3.8) is 0 Å². The van der Waals surface area contributed by atoms with Crippen molar-refractivity contribution in [2.75, 3.05) is 32.8 Å². The summed E-state index contributed by atoms with van der Waals surface area (Å²) in [5.74, 6) is 1.88. The summed E-state index contributed by atoms with van der Waals surface area (Å²) in [4.78, 5) is 14.2. The van der Waals surface area contributed by atoms with E-state index in [2.05, 4.69) is 11.4 Å². The molecule has 2 aliphatic heterocycles. The number of fused-ring (bicyclic) bond motifs is 1. The fourth-order valence-corrected chi connectivity index (χ4v) is 3.64. The summed E-state index contributed by atoms with van der Waals surface area (Å²) >= 11 is 0. The fraction of sp³-hybridized carbons (Fsp3) is 0.632. The van der Waals surface area contributed by atoms with E-state index in [1.165, 1.54) is 25.8 Å². The first-order valence-electron chi connectivity index (χ1n) is 9.03. The van der Waals surface area contributed by atoms with Gasteiger partial charge in [-0.2, -0.15) is 0 Å². The van der Waals surface area contributed by atoms with E-state index < -0.39 is 0 Å². The number of nitrogens with one attached hydrogen (secondary N) is 1. The zero-order chi connectivity index (χ0) is 16.1. The number of rotatable bonds is 6. The van der Waals surface area contributed by atoms with E-state index in [9.17, 15) is 4.79 Å². The van der Waals surface area contributed by atoms with Gasteiger partial charge in [-0.3, -0.25) is 4.79 Å². The Morgan fingerprint density at radius 3 is 3.09 bits per heavy atom. The maximum Gasteiger partial charge on any atom is 0.254 e. The monoisotopic (exact) mass is 316 g/mol. The third-order valence-electron chi connectivity index (χ3n) is 5.05. The van der Waals surface area contributed by atoms with Crippen molar-refractivity contribution in [2.24, 2.45) is 5.92 Å². The highest BCUT2D eigenvalue weighted by Gasteiger charge is 2.23. The zero-order valence-electron chi connectivity index (χ0n) is 14.1. The number of amides is 1. The van der Waals surface area contributed by atoms with Crippen molar-refractivity contribution in [1.29, 1.82) is 0 Å². The third kappa shape index (κ3) is 4.05. The first-order chi connectivity index (χ1) is 11.3. The van der Waals surface area contributed by atoms with Crippen LogP contribution >= 0.6 is 0 Å². The average Bonchev–Trinajstić information content (AvgIpc) is 2.60. The molecule has 0 aromatic heterocycles. The molecule has 1 amide bonds. The van der Waals surface area contributed by atoms with E-state index in [4.69, 9.17) is 4.74 Å². The summed E-state index contributed by atoms with van der Waals surface area (Å²) in [5.41, 5.74) is 1.98. The van der Waals surface area contributed by atoms with E-state index in [-0.39, 0.29) is 5.91 Å². The van der Waals surface area contributed by atoms with Gasteiger partial charge in [0, 0.05) is 18.7 Å². The molecule has 2 heterocycles.